The molecule has 3 aromatic rings. The number of likely N-dealkylation sites (N-methyl/N-ethyl adjacent to an activating group) is 1. The molecule has 0 aliphatic carbocycles. The minimum atomic E-state index is -0.301. The number of nitrogens with zero attached hydrogens (tertiary/aromatic N) is 1. The van der Waals surface area contributed by atoms with Crippen LogP contribution >= 0.6 is 11.3 Å². The van der Waals surface area contributed by atoms with E-state index in [-0.39, 0.29) is 30.8 Å². The summed E-state index contributed by atoms with van der Waals surface area (Å²) in [4.78, 5) is 27.6. The van der Waals surface area contributed by atoms with Gasteiger partial charge in [0.25, 0.3) is 5.91 Å². The van der Waals surface area contributed by atoms with E-state index >= 15 is 0 Å². The van der Waals surface area contributed by atoms with Gasteiger partial charge in [-0.25, -0.2) is 4.39 Å². The molecule has 0 aliphatic rings. The quantitative estimate of drug-likeness (QED) is 0.557. The Labute approximate surface area is 179 Å². The maximum Gasteiger partial charge on any atom is 0.254 e. The Balaban J connectivity index is 1.57. The van der Waals surface area contributed by atoms with E-state index in [0.29, 0.717) is 24.4 Å². The number of amides is 2. The molecule has 156 valence electrons. The van der Waals surface area contributed by atoms with Crippen LogP contribution in [0, 0.1) is 5.82 Å². The molecule has 1 heterocycles. The lowest BCUT2D eigenvalue weighted by molar-refractivity contribution is -0.121. The Morgan fingerprint density at radius 1 is 1.10 bits per heavy atom. The molecule has 1 aromatic heterocycles. The lowest BCUT2D eigenvalue weighted by Crippen LogP contribution is -2.40. The fraction of sp³-hybridized carbons (Fsp3) is 0.217. The van der Waals surface area contributed by atoms with Crippen molar-refractivity contribution >= 4 is 23.2 Å². The van der Waals surface area contributed by atoms with Gasteiger partial charge in [0, 0.05) is 17.0 Å². The Hall–Kier alpha value is -3.19. The third kappa shape index (κ3) is 6.15. The van der Waals surface area contributed by atoms with Gasteiger partial charge in [0.05, 0.1) is 13.1 Å². The minimum Gasteiger partial charge on any atom is -0.489 e. The average Bonchev–Trinajstić information content (AvgIpc) is 3.29. The van der Waals surface area contributed by atoms with Gasteiger partial charge in [0.1, 0.15) is 18.2 Å². The summed E-state index contributed by atoms with van der Waals surface area (Å²) in [6, 6.07) is 16.8. The molecule has 0 radical (unpaired) electrons. The van der Waals surface area contributed by atoms with Crippen molar-refractivity contribution in [3.05, 3.63) is 87.9 Å². The second-order valence-electron chi connectivity index (χ2n) is 6.62. The van der Waals surface area contributed by atoms with E-state index in [1.54, 1.807) is 47.7 Å². The van der Waals surface area contributed by atoms with Crippen molar-refractivity contribution in [2.45, 2.75) is 20.1 Å². The van der Waals surface area contributed by atoms with Crippen LogP contribution in [-0.2, 0) is 17.9 Å². The maximum atomic E-state index is 13.0. The first kappa shape index (κ1) is 21.5. The van der Waals surface area contributed by atoms with Gasteiger partial charge in [-0.3, -0.25) is 9.59 Å². The number of hydrogen-bond donors (Lipinski definition) is 1. The van der Waals surface area contributed by atoms with Crippen molar-refractivity contribution in [3.63, 3.8) is 0 Å². The zero-order valence-electron chi connectivity index (χ0n) is 16.6. The van der Waals surface area contributed by atoms with Crippen molar-refractivity contribution in [1.82, 2.24) is 10.2 Å². The molecule has 0 saturated carbocycles. The van der Waals surface area contributed by atoms with Crippen LogP contribution in [0.25, 0.3) is 0 Å². The van der Waals surface area contributed by atoms with Gasteiger partial charge in [-0.15, -0.1) is 11.3 Å². The molecule has 2 amide bonds. The van der Waals surface area contributed by atoms with Crippen molar-refractivity contribution in [3.8, 4) is 5.75 Å². The van der Waals surface area contributed by atoms with Gasteiger partial charge < -0.3 is 15.0 Å². The largest absolute Gasteiger partial charge is 0.489 e. The highest BCUT2D eigenvalue weighted by Gasteiger charge is 2.18. The van der Waals surface area contributed by atoms with Crippen LogP contribution in [0.2, 0.25) is 0 Å². The molecule has 0 atom stereocenters. The number of thiophene rings is 1. The Bertz CT molecular complexity index is 974. The highest BCUT2D eigenvalue weighted by Crippen LogP contribution is 2.17. The van der Waals surface area contributed by atoms with E-state index in [4.69, 9.17) is 4.74 Å². The molecule has 0 aliphatic heterocycles. The van der Waals surface area contributed by atoms with Crippen LogP contribution in [0.4, 0.5) is 4.39 Å². The number of carbonyl (C=O) groups excluding carboxylic acids is 2. The fourth-order valence-corrected chi connectivity index (χ4v) is 3.45. The summed E-state index contributed by atoms with van der Waals surface area (Å²) >= 11 is 1.57. The number of rotatable bonds is 9. The van der Waals surface area contributed by atoms with E-state index in [1.807, 2.05) is 24.4 Å². The molecule has 0 fully saturated rings. The molecule has 0 spiro atoms. The Morgan fingerprint density at radius 2 is 1.90 bits per heavy atom. The van der Waals surface area contributed by atoms with Crippen LogP contribution in [0.15, 0.2) is 66.0 Å². The van der Waals surface area contributed by atoms with Gasteiger partial charge in [0.15, 0.2) is 0 Å². The standard InChI is InChI=1S/C23H23FN2O3S/c1-2-26(15-22(27)25-14-21-7-4-12-30-21)23(28)18-5-3-6-20(13-18)29-16-17-8-10-19(24)11-9-17/h3-13H,2,14-16H2,1H3,(H,25,27). The lowest BCUT2D eigenvalue weighted by Gasteiger charge is -2.20. The third-order valence-corrected chi connectivity index (χ3v) is 5.32. The molecule has 0 saturated heterocycles. The second kappa shape index (κ2) is 10.5. The van der Waals surface area contributed by atoms with Gasteiger partial charge >= 0.3 is 0 Å². The second-order valence-corrected chi connectivity index (χ2v) is 7.65. The highest BCUT2D eigenvalue weighted by molar-refractivity contribution is 7.09. The number of ether oxygens (including phenoxy) is 1. The summed E-state index contributed by atoms with van der Waals surface area (Å²) in [5.41, 5.74) is 1.27. The summed E-state index contributed by atoms with van der Waals surface area (Å²) in [5, 5.41) is 4.79. The molecule has 1 N–H and O–H groups in total. The van der Waals surface area contributed by atoms with E-state index < -0.39 is 0 Å². The van der Waals surface area contributed by atoms with Crippen molar-refractivity contribution < 1.29 is 18.7 Å². The third-order valence-electron chi connectivity index (χ3n) is 4.44. The minimum absolute atomic E-state index is 0.0125. The van der Waals surface area contributed by atoms with Crippen LogP contribution in [0.3, 0.4) is 0 Å². The van der Waals surface area contributed by atoms with Gasteiger partial charge in [0.2, 0.25) is 5.91 Å². The van der Waals surface area contributed by atoms with E-state index in [1.165, 1.54) is 17.0 Å². The highest BCUT2D eigenvalue weighted by atomic mass is 32.1. The summed E-state index contributed by atoms with van der Waals surface area (Å²) in [5.74, 6) is -0.216. The predicted octanol–water partition coefficient (Wildman–Crippen LogP) is 4.24. The summed E-state index contributed by atoms with van der Waals surface area (Å²) in [6.07, 6.45) is 0. The molecular weight excluding hydrogens is 403 g/mol. The SMILES string of the molecule is CCN(CC(=O)NCc1cccs1)C(=O)c1cccc(OCc2ccc(F)cc2)c1. The van der Waals surface area contributed by atoms with Crippen LogP contribution in [-0.4, -0.2) is 29.8 Å². The van der Waals surface area contributed by atoms with Crippen molar-refractivity contribution in [1.29, 1.82) is 0 Å². The number of benzene rings is 2. The average molecular weight is 427 g/mol. The molecule has 3 rings (SSSR count). The van der Waals surface area contributed by atoms with Gasteiger partial charge in [-0.05, 0) is 54.3 Å². The van der Waals surface area contributed by atoms with Gasteiger partial charge in [-0.2, -0.15) is 0 Å². The Morgan fingerprint density at radius 3 is 2.60 bits per heavy atom. The predicted molar refractivity (Wildman–Crippen MR) is 115 cm³/mol. The maximum absolute atomic E-state index is 13.0. The summed E-state index contributed by atoms with van der Waals surface area (Å²) < 4.78 is 18.7. The van der Waals surface area contributed by atoms with Crippen LogP contribution in [0.1, 0.15) is 27.7 Å². The van der Waals surface area contributed by atoms with E-state index in [2.05, 4.69) is 5.32 Å². The van der Waals surface area contributed by atoms with Gasteiger partial charge in [-0.1, -0.05) is 24.3 Å². The fourth-order valence-electron chi connectivity index (χ4n) is 2.80. The number of carbonyl (C=O) groups is 2. The number of halogens is 1. The van der Waals surface area contributed by atoms with Crippen LogP contribution < -0.4 is 10.1 Å². The first-order valence-corrected chi connectivity index (χ1v) is 10.5. The molecule has 30 heavy (non-hydrogen) atoms. The van der Waals surface area contributed by atoms with E-state index in [9.17, 15) is 14.0 Å². The topological polar surface area (TPSA) is 58.6 Å². The zero-order valence-corrected chi connectivity index (χ0v) is 17.5. The zero-order chi connectivity index (χ0) is 21.3. The smallest absolute Gasteiger partial charge is 0.254 e. The molecular formula is C23H23FN2O3S. The molecule has 5 nitrogen and oxygen atoms in total. The first-order valence-electron chi connectivity index (χ1n) is 9.61. The Kier molecular flexibility index (Phi) is 7.57. The molecule has 0 bridgehead atoms. The lowest BCUT2D eigenvalue weighted by atomic mass is 10.2. The number of hydrogen-bond acceptors (Lipinski definition) is 4. The molecule has 2 aromatic carbocycles. The monoisotopic (exact) mass is 426 g/mol. The van der Waals surface area contributed by atoms with E-state index in [0.717, 1.165) is 10.4 Å². The number of nitrogens with one attached hydrogen (secondary N) is 1. The molecule has 7 heteroatoms. The summed E-state index contributed by atoms with van der Waals surface area (Å²) in [6.45, 7) is 2.95. The summed E-state index contributed by atoms with van der Waals surface area (Å²) in [7, 11) is 0. The molecule has 0 unspecified atom stereocenters. The normalized spacial score (nSPS) is 10.5. The van der Waals surface area contributed by atoms with Crippen LogP contribution in [0.5, 0.6) is 5.75 Å². The first-order chi connectivity index (χ1) is 14.5. The van der Waals surface area contributed by atoms with Crippen molar-refractivity contribution in [2.24, 2.45) is 0 Å². The van der Waals surface area contributed by atoms with Crippen molar-refractivity contribution in [2.75, 3.05) is 13.1 Å².